The van der Waals surface area contributed by atoms with Gasteiger partial charge in [-0.3, -0.25) is 0 Å². The van der Waals surface area contributed by atoms with Crippen molar-refractivity contribution in [1.29, 1.82) is 0 Å². The van der Waals surface area contributed by atoms with Crippen molar-refractivity contribution in [3.63, 3.8) is 0 Å². The van der Waals surface area contributed by atoms with Crippen LogP contribution in [0.1, 0.15) is 71.6 Å². The fraction of sp³-hybridized carbons (Fsp3) is 1.00. The van der Waals surface area contributed by atoms with E-state index in [0.717, 1.165) is 0 Å². The Morgan fingerprint density at radius 3 is 2.16 bits per heavy atom. The van der Waals surface area contributed by atoms with Gasteiger partial charge in [-0.2, -0.15) is 0 Å². The standard InChI is InChI=1S/C17H34N2/c1-5-7-8-16(6-2)9-11-17(12-10-16)13-14-19(15-17)18(3)4/h5-15H2,1-4H3. The van der Waals surface area contributed by atoms with Crippen molar-refractivity contribution in [3.05, 3.63) is 0 Å². The monoisotopic (exact) mass is 266 g/mol. The minimum Gasteiger partial charge on any atom is -0.248 e. The molecule has 112 valence electrons. The van der Waals surface area contributed by atoms with Crippen molar-refractivity contribution in [2.75, 3.05) is 27.2 Å². The topological polar surface area (TPSA) is 6.48 Å². The van der Waals surface area contributed by atoms with E-state index in [4.69, 9.17) is 0 Å². The summed E-state index contributed by atoms with van der Waals surface area (Å²) in [6.45, 7) is 7.35. The molecule has 1 aliphatic carbocycles. The van der Waals surface area contributed by atoms with E-state index in [0.29, 0.717) is 10.8 Å². The zero-order valence-electron chi connectivity index (χ0n) is 13.7. The zero-order chi connectivity index (χ0) is 13.9. The van der Waals surface area contributed by atoms with Gasteiger partial charge in [-0.05, 0) is 49.4 Å². The molecule has 1 saturated heterocycles. The highest BCUT2D eigenvalue weighted by molar-refractivity contribution is 4.96. The molecular weight excluding hydrogens is 232 g/mol. The molecule has 0 amide bonds. The average Bonchev–Trinajstić information content (AvgIpc) is 2.84. The molecule has 0 aromatic carbocycles. The van der Waals surface area contributed by atoms with Crippen LogP contribution in [0.3, 0.4) is 0 Å². The van der Waals surface area contributed by atoms with Crippen molar-refractivity contribution in [3.8, 4) is 0 Å². The normalized spacial score (nSPS) is 36.5. The van der Waals surface area contributed by atoms with Crippen LogP contribution in [0.15, 0.2) is 0 Å². The molecule has 0 N–H and O–H groups in total. The molecule has 0 radical (unpaired) electrons. The molecule has 1 heterocycles. The van der Waals surface area contributed by atoms with Crippen LogP contribution < -0.4 is 0 Å². The smallest absolute Gasteiger partial charge is 0.0190 e. The second kappa shape index (κ2) is 6.13. The average molecular weight is 266 g/mol. The van der Waals surface area contributed by atoms with Gasteiger partial charge in [-0.15, -0.1) is 0 Å². The first-order valence-electron chi connectivity index (χ1n) is 8.47. The van der Waals surface area contributed by atoms with Gasteiger partial charge in [0.25, 0.3) is 0 Å². The molecule has 0 aromatic heterocycles. The summed E-state index contributed by atoms with van der Waals surface area (Å²) in [7, 11) is 4.39. The quantitative estimate of drug-likeness (QED) is 0.731. The van der Waals surface area contributed by atoms with Gasteiger partial charge >= 0.3 is 0 Å². The Hall–Kier alpha value is -0.0800. The summed E-state index contributed by atoms with van der Waals surface area (Å²) >= 11 is 0. The highest BCUT2D eigenvalue weighted by Gasteiger charge is 2.45. The van der Waals surface area contributed by atoms with Gasteiger partial charge in [-0.25, -0.2) is 10.0 Å². The first kappa shape index (κ1) is 15.3. The molecule has 0 atom stereocenters. The second-order valence-electron chi connectivity index (χ2n) is 7.44. The van der Waals surface area contributed by atoms with Gasteiger partial charge in [0.05, 0.1) is 0 Å². The third-order valence-electron chi connectivity index (χ3n) is 6.17. The summed E-state index contributed by atoms with van der Waals surface area (Å²) in [5, 5.41) is 4.85. The van der Waals surface area contributed by atoms with Crippen molar-refractivity contribution >= 4 is 0 Å². The lowest BCUT2D eigenvalue weighted by atomic mass is 9.61. The first-order valence-corrected chi connectivity index (χ1v) is 8.47. The molecule has 0 unspecified atom stereocenters. The van der Waals surface area contributed by atoms with E-state index in [1.54, 1.807) is 0 Å². The SMILES string of the molecule is CCCCC1(CC)CCC2(CCN(N(C)C)C2)CC1. The Morgan fingerprint density at radius 2 is 1.68 bits per heavy atom. The maximum atomic E-state index is 2.55. The Labute approximate surface area is 120 Å². The van der Waals surface area contributed by atoms with Gasteiger partial charge in [0, 0.05) is 27.2 Å². The lowest BCUT2D eigenvalue weighted by Gasteiger charge is -2.45. The van der Waals surface area contributed by atoms with Crippen LogP contribution in [0.2, 0.25) is 0 Å². The summed E-state index contributed by atoms with van der Waals surface area (Å²) in [5.41, 5.74) is 1.36. The van der Waals surface area contributed by atoms with Crippen LogP contribution in [0.5, 0.6) is 0 Å². The maximum absolute atomic E-state index is 2.55. The van der Waals surface area contributed by atoms with E-state index in [2.05, 4.69) is 38.0 Å². The minimum atomic E-state index is 0.662. The number of rotatable bonds is 5. The van der Waals surface area contributed by atoms with E-state index in [9.17, 15) is 0 Å². The van der Waals surface area contributed by atoms with E-state index in [-0.39, 0.29) is 0 Å². The predicted octanol–water partition coefficient (Wildman–Crippen LogP) is 4.32. The number of hydrogen-bond donors (Lipinski definition) is 0. The van der Waals surface area contributed by atoms with Crippen LogP contribution in [-0.4, -0.2) is 37.2 Å². The van der Waals surface area contributed by atoms with Crippen LogP contribution in [0.4, 0.5) is 0 Å². The predicted molar refractivity (Wildman–Crippen MR) is 83.0 cm³/mol. The molecular formula is C17H34N2. The second-order valence-corrected chi connectivity index (χ2v) is 7.44. The Morgan fingerprint density at radius 1 is 1.00 bits per heavy atom. The first-order chi connectivity index (χ1) is 9.05. The molecule has 19 heavy (non-hydrogen) atoms. The summed E-state index contributed by atoms with van der Waals surface area (Å²) in [4.78, 5) is 0. The molecule has 2 rings (SSSR count). The third kappa shape index (κ3) is 3.33. The van der Waals surface area contributed by atoms with Crippen LogP contribution in [0.25, 0.3) is 0 Å². The molecule has 1 spiro atoms. The number of nitrogens with zero attached hydrogens (tertiary/aromatic N) is 2. The Kier molecular flexibility index (Phi) is 4.94. The van der Waals surface area contributed by atoms with E-state index in [1.807, 2.05) is 0 Å². The van der Waals surface area contributed by atoms with Crippen molar-refractivity contribution < 1.29 is 0 Å². The van der Waals surface area contributed by atoms with Gasteiger partial charge in [-0.1, -0.05) is 33.1 Å². The van der Waals surface area contributed by atoms with E-state index >= 15 is 0 Å². The van der Waals surface area contributed by atoms with Crippen LogP contribution >= 0.6 is 0 Å². The maximum Gasteiger partial charge on any atom is 0.0190 e. The third-order valence-corrected chi connectivity index (χ3v) is 6.17. The number of hydrogen-bond acceptors (Lipinski definition) is 2. The molecule has 0 aromatic rings. The highest BCUT2D eigenvalue weighted by atomic mass is 15.6. The molecule has 2 fully saturated rings. The number of unbranched alkanes of at least 4 members (excludes halogenated alkanes) is 1. The molecule has 1 saturated carbocycles. The number of hydrazine groups is 1. The molecule has 0 bridgehead atoms. The van der Waals surface area contributed by atoms with E-state index < -0.39 is 0 Å². The summed E-state index contributed by atoms with van der Waals surface area (Å²) in [6, 6.07) is 0. The lowest BCUT2D eigenvalue weighted by molar-refractivity contribution is 0.0153. The van der Waals surface area contributed by atoms with Crippen molar-refractivity contribution in [2.45, 2.75) is 71.6 Å². The molecule has 1 aliphatic heterocycles. The largest absolute Gasteiger partial charge is 0.248 e. The summed E-state index contributed by atoms with van der Waals surface area (Å²) < 4.78 is 0. The highest BCUT2D eigenvalue weighted by Crippen LogP contribution is 2.53. The summed E-state index contributed by atoms with van der Waals surface area (Å²) in [6.07, 6.45) is 13.1. The molecule has 2 heteroatoms. The van der Waals surface area contributed by atoms with Crippen LogP contribution in [0, 0.1) is 10.8 Å². The zero-order valence-corrected chi connectivity index (χ0v) is 13.7. The Bertz CT molecular complexity index is 277. The fourth-order valence-electron chi connectivity index (χ4n) is 4.30. The lowest BCUT2D eigenvalue weighted by Crippen LogP contribution is -2.40. The summed E-state index contributed by atoms with van der Waals surface area (Å²) in [5.74, 6) is 0. The van der Waals surface area contributed by atoms with Gasteiger partial charge in [0.1, 0.15) is 0 Å². The fourth-order valence-corrected chi connectivity index (χ4v) is 4.30. The molecule has 2 nitrogen and oxygen atoms in total. The van der Waals surface area contributed by atoms with Crippen molar-refractivity contribution in [1.82, 2.24) is 10.0 Å². The van der Waals surface area contributed by atoms with Gasteiger partial charge in [0.15, 0.2) is 0 Å². The van der Waals surface area contributed by atoms with Gasteiger partial charge in [0.2, 0.25) is 0 Å². The van der Waals surface area contributed by atoms with Gasteiger partial charge < -0.3 is 0 Å². The van der Waals surface area contributed by atoms with Crippen LogP contribution in [-0.2, 0) is 0 Å². The molecule has 2 aliphatic rings. The van der Waals surface area contributed by atoms with Crippen molar-refractivity contribution in [2.24, 2.45) is 10.8 Å². The minimum absolute atomic E-state index is 0.662. The Balaban J connectivity index is 1.91. The van der Waals surface area contributed by atoms with E-state index in [1.165, 1.54) is 70.9 Å².